The Bertz CT molecular complexity index is 521. The summed E-state index contributed by atoms with van der Waals surface area (Å²) in [7, 11) is 0. The summed E-state index contributed by atoms with van der Waals surface area (Å²) in [5, 5.41) is 0. The van der Waals surface area contributed by atoms with Crippen LogP contribution in [0.4, 0.5) is 5.69 Å². The summed E-state index contributed by atoms with van der Waals surface area (Å²) < 4.78 is 5.41. The van der Waals surface area contributed by atoms with Crippen LogP contribution in [0.2, 0.25) is 0 Å². The van der Waals surface area contributed by atoms with Gasteiger partial charge in [0, 0.05) is 11.9 Å². The van der Waals surface area contributed by atoms with Crippen molar-refractivity contribution in [3.05, 3.63) is 59.9 Å². The van der Waals surface area contributed by atoms with Crippen molar-refractivity contribution in [2.24, 2.45) is 0 Å². The van der Waals surface area contributed by atoms with Crippen LogP contribution in [0.3, 0.4) is 0 Å². The second-order valence-electron chi connectivity index (χ2n) is 4.42. The molecule has 1 aromatic heterocycles. The average Bonchev–Trinajstić information content (AvgIpc) is 2.29. The highest BCUT2D eigenvalue weighted by Crippen LogP contribution is 2.38. The Hall–Kier alpha value is -1.87. The number of aromatic nitrogens is 1. The molecule has 86 valence electrons. The lowest BCUT2D eigenvalue weighted by atomic mass is 9.75. The summed E-state index contributed by atoms with van der Waals surface area (Å²) in [6.45, 7) is 1.35. The van der Waals surface area contributed by atoms with E-state index < -0.39 is 0 Å². The predicted octanol–water partition coefficient (Wildman–Crippen LogP) is 1.98. The lowest BCUT2D eigenvalue weighted by molar-refractivity contribution is -0.0399. The minimum absolute atomic E-state index is 0.114. The van der Waals surface area contributed by atoms with Gasteiger partial charge in [0.1, 0.15) is 0 Å². The van der Waals surface area contributed by atoms with Gasteiger partial charge in [0.05, 0.1) is 24.3 Å². The molecule has 2 N–H and O–H groups in total. The second-order valence-corrected chi connectivity index (χ2v) is 4.42. The zero-order chi connectivity index (χ0) is 11.7. The highest BCUT2D eigenvalue weighted by atomic mass is 16.5. The maximum Gasteiger partial charge on any atom is 0.0842 e. The first-order valence-electron chi connectivity index (χ1n) is 5.66. The van der Waals surface area contributed by atoms with E-state index in [0.717, 1.165) is 11.4 Å². The topological polar surface area (TPSA) is 48.1 Å². The molecule has 0 unspecified atom stereocenters. The van der Waals surface area contributed by atoms with Crippen LogP contribution in [-0.4, -0.2) is 18.2 Å². The van der Waals surface area contributed by atoms with E-state index in [9.17, 15) is 0 Å². The van der Waals surface area contributed by atoms with Crippen molar-refractivity contribution in [3.8, 4) is 0 Å². The summed E-state index contributed by atoms with van der Waals surface area (Å²) >= 11 is 0. The molecule has 2 heterocycles. The average molecular weight is 226 g/mol. The van der Waals surface area contributed by atoms with Gasteiger partial charge < -0.3 is 10.5 Å². The SMILES string of the molecule is Nc1cccc(C2(c3ccccn3)COC2)c1. The third kappa shape index (κ3) is 1.59. The molecule has 0 radical (unpaired) electrons. The number of anilines is 1. The van der Waals surface area contributed by atoms with E-state index >= 15 is 0 Å². The molecule has 1 aromatic carbocycles. The smallest absolute Gasteiger partial charge is 0.0842 e. The van der Waals surface area contributed by atoms with Crippen molar-refractivity contribution >= 4 is 5.69 Å². The van der Waals surface area contributed by atoms with Gasteiger partial charge in [-0.1, -0.05) is 18.2 Å². The Labute approximate surface area is 100 Å². The number of pyridine rings is 1. The minimum Gasteiger partial charge on any atom is -0.399 e. The van der Waals surface area contributed by atoms with E-state index in [0.29, 0.717) is 13.2 Å². The first-order valence-corrected chi connectivity index (χ1v) is 5.66. The summed E-state index contributed by atoms with van der Waals surface area (Å²) in [6, 6.07) is 14.0. The zero-order valence-electron chi connectivity index (χ0n) is 9.47. The first-order chi connectivity index (χ1) is 8.31. The van der Waals surface area contributed by atoms with Crippen LogP contribution in [0.15, 0.2) is 48.7 Å². The summed E-state index contributed by atoms with van der Waals surface area (Å²) in [5.41, 5.74) is 8.75. The molecule has 3 nitrogen and oxygen atoms in total. The van der Waals surface area contributed by atoms with E-state index in [-0.39, 0.29) is 5.41 Å². The number of benzene rings is 1. The van der Waals surface area contributed by atoms with Gasteiger partial charge in [-0.2, -0.15) is 0 Å². The van der Waals surface area contributed by atoms with Crippen LogP contribution in [0.5, 0.6) is 0 Å². The van der Waals surface area contributed by atoms with Gasteiger partial charge in [-0.3, -0.25) is 4.98 Å². The molecular formula is C14H14N2O. The molecule has 3 heteroatoms. The van der Waals surface area contributed by atoms with Crippen molar-refractivity contribution in [2.45, 2.75) is 5.41 Å². The van der Waals surface area contributed by atoms with Gasteiger partial charge >= 0.3 is 0 Å². The van der Waals surface area contributed by atoms with Gasteiger partial charge in [0.15, 0.2) is 0 Å². The Morgan fingerprint density at radius 1 is 1.12 bits per heavy atom. The largest absolute Gasteiger partial charge is 0.399 e. The molecule has 1 fully saturated rings. The molecule has 0 atom stereocenters. The highest BCUT2D eigenvalue weighted by Gasteiger charge is 2.43. The molecular weight excluding hydrogens is 212 g/mol. The highest BCUT2D eigenvalue weighted by molar-refractivity contribution is 5.47. The van der Waals surface area contributed by atoms with Crippen LogP contribution >= 0.6 is 0 Å². The Morgan fingerprint density at radius 3 is 2.59 bits per heavy atom. The first kappa shape index (κ1) is 10.3. The van der Waals surface area contributed by atoms with Gasteiger partial charge in [-0.15, -0.1) is 0 Å². The van der Waals surface area contributed by atoms with E-state index in [4.69, 9.17) is 10.5 Å². The predicted molar refractivity (Wildman–Crippen MR) is 66.7 cm³/mol. The van der Waals surface area contributed by atoms with Crippen molar-refractivity contribution in [1.82, 2.24) is 4.98 Å². The number of hydrogen-bond donors (Lipinski definition) is 1. The fraction of sp³-hybridized carbons (Fsp3) is 0.214. The molecule has 1 aliphatic heterocycles. The maximum atomic E-state index is 5.85. The third-order valence-electron chi connectivity index (χ3n) is 3.29. The summed E-state index contributed by atoms with van der Waals surface area (Å²) in [5.74, 6) is 0. The maximum absolute atomic E-state index is 5.85. The number of ether oxygens (including phenoxy) is 1. The molecule has 1 saturated heterocycles. The molecule has 17 heavy (non-hydrogen) atoms. The molecule has 0 aliphatic carbocycles. The van der Waals surface area contributed by atoms with Crippen molar-refractivity contribution in [2.75, 3.05) is 18.9 Å². The quantitative estimate of drug-likeness (QED) is 0.796. The van der Waals surface area contributed by atoms with E-state index in [1.54, 1.807) is 0 Å². The van der Waals surface area contributed by atoms with Gasteiger partial charge in [0.2, 0.25) is 0 Å². The van der Waals surface area contributed by atoms with Crippen LogP contribution in [0, 0.1) is 0 Å². The lowest BCUT2D eigenvalue weighted by Gasteiger charge is -2.41. The van der Waals surface area contributed by atoms with Crippen molar-refractivity contribution in [3.63, 3.8) is 0 Å². The fourth-order valence-electron chi connectivity index (χ4n) is 2.25. The molecule has 0 amide bonds. The zero-order valence-corrected chi connectivity index (χ0v) is 9.47. The second kappa shape index (κ2) is 3.86. The van der Waals surface area contributed by atoms with Gasteiger partial charge in [-0.25, -0.2) is 0 Å². The van der Waals surface area contributed by atoms with Crippen molar-refractivity contribution < 1.29 is 4.74 Å². The van der Waals surface area contributed by atoms with E-state index in [1.165, 1.54) is 5.56 Å². The summed E-state index contributed by atoms with van der Waals surface area (Å²) in [4.78, 5) is 4.46. The number of nitrogens with zero attached hydrogens (tertiary/aromatic N) is 1. The third-order valence-corrected chi connectivity index (χ3v) is 3.29. The molecule has 0 bridgehead atoms. The normalized spacial score (nSPS) is 17.4. The number of nitrogens with two attached hydrogens (primary N) is 1. The Balaban J connectivity index is 2.09. The summed E-state index contributed by atoms with van der Waals surface area (Å²) in [6.07, 6.45) is 1.82. The van der Waals surface area contributed by atoms with Crippen LogP contribution < -0.4 is 5.73 Å². The standard InChI is InChI=1S/C14H14N2O/c15-12-5-3-4-11(8-12)14(9-17-10-14)13-6-1-2-7-16-13/h1-8H,9-10,15H2. The molecule has 3 rings (SSSR count). The van der Waals surface area contributed by atoms with E-state index in [2.05, 4.69) is 11.1 Å². The van der Waals surface area contributed by atoms with Gasteiger partial charge in [-0.05, 0) is 29.8 Å². The van der Waals surface area contributed by atoms with Crippen molar-refractivity contribution in [1.29, 1.82) is 0 Å². The molecule has 1 aliphatic rings. The molecule has 0 spiro atoms. The lowest BCUT2D eigenvalue weighted by Crippen LogP contribution is -2.48. The minimum atomic E-state index is -0.114. The van der Waals surface area contributed by atoms with Gasteiger partial charge in [0.25, 0.3) is 0 Å². The van der Waals surface area contributed by atoms with E-state index in [1.807, 2.05) is 42.6 Å². The monoisotopic (exact) mass is 226 g/mol. The number of hydrogen-bond acceptors (Lipinski definition) is 3. The Kier molecular flexibility index (Phi) is 2.34. The number of rotatable bonds is 2. The van der Waals surface area contributed by atoms with Crippen LogP contribution in [0.1, 0.15) is 11.3 Å². The van der Waals surface area contributed by atoms with Crippen LogP contribution in [-0.2, 0) is 10.2 Å². The number of nitrogen functional groups attached to an aromatic ring is 1. The molecule has 0 saturated carbocycles. The fourth-order valence-corrected chi connectivity index (χ4v) is 2.25. The van der Waals surface area contributed by atoms with Crippen LogP contribution in [0.25, 0.3) is 0 Å². The molecule has 2 aromatic rings. The Morgan fingerprint density at radius 2 is 2.00 bits per heavy atom.